The van der Waals surface area contributed by atoms with Crippen LogP contribution in [0.15, 0.2) is 11.2 Å². The van der Waals surface area contributed by atoms with Crippen LogP contribution in [0.5, 0.6) is 0 Å². The molecule has 0 saturated carbocycles. The Bertz CT molecular complexity index is 368. The van der Waals surface area contributed by atoms with Gasteiger partial charge >= 0.3 is 0 Å². The third kappa shape index (κ3) is 2.48. The monoisotopic (exact) mass is 224 g/mol. The summed E-state index contributed by atoms with van der Waals surface area (Å²) in [6.07, 6.45) is 1.69. The molecule has 0 atom stereocenters. The summed E-state index contributed by atoms with van der Waals surface area (Å²) in [6, 6.07) is 0. The van der Waals surface area contributed by atoms with Crippen molar-refractivity contribution in [2.75, 3.05) is 26.3 Å². The summed E-state index contributed by atoms with van der Waals surface area (Å²) in [5, 5.41) is 7.61. The Labute approximate surface area is 93.9 Å². The highest BCUT2D eigenvalue weighted by Gasteiger charge is 2.12. The van der Waals surface area contributed by atoms with E-state index in [4.69, 9.17) is 10.5 Å². The van der Waals surface area contributed by atoms with E-state index >= 15 is 0 Å². The van der Waals surface area contributed by atoms with Gasteiger partial charge in [0.25, 0.3) is 0 Å². The SMILES string of the molecule is Cn1nncc1CN=C(N)N1CCOCC1. The van der Waals surface area contributed by atoms with Crippen molar-refractivity contribution < 1.29 is 4.74 Å². The second kappa shape index (κ2) is 4.93. The van der Waals surface area contributed by atoms with Gasteiger partial charge in [-0.05, 0) is 0 Å². The van der Waals surface area contributed by atoms with Crippen molar-refractivity contribution in [3.63, 3.8) is 0 Å². The van der Waals surface area contributed by atoms with Crippen LogP contribution in [0.3, 0.4) is 0 Å². The van der Waals surface area contributed by atoms with Gasteiger partial charge in [-0.25, -0.2) is 4.99 Å². The number of nitrogens with zero attached hydrogens (tertiary/aromatic N) is 5. The smallest absolute Gasteiger partial charge is 0.191 e. The number of guanidine groups is 1. The first-order valence-electron chi connectivity index (χ1n) is 5.23. The number of aromatic nitrogens is 3. The fourth-order valence-corrected chi connectivity index (χ4v) is 1.51. The van der Waals surface area contributed by atoms with Crippen LogP contribution in [0.4, 0.5) is 0 Å². The second-order valence-corrected chi connectivity index (χ2v) is 3.62. The Morgan fingerprint density at radius 2 is 2.31 bits per heavy atom. The normalized spacial score (nSPS) is 17.8. The summed E-state index contributed by atoms with van der Waals surface area (Å²) in [4.78, 5) is 6.34. The summed E-state index contributed by atoms with van der Waals surface area (Å²) in [7, 11) is 1.84. The third-order valence-corrected chi connectivity index (χ3v) is 2.55. The Balaban J connectivity index is 1.93. The molecule has 0 unspecified atom stereocenters. The van der Waals surface area contributed by atoms with Crippen LogP contribution >= 0.6 is 0 Å². The van der Waals surface area contributed by atoms with Crippen molar-refractivity contribution in [2.24, 2.45) is 17.8 Å². The van der Waals surface area contributed by atoms with Gasteiger partial charge in [0.2, 0.25) is 0 Å². The lowest BCUT2D eigenvalue weighted by Crippen LogP contribution is -2.44. The molecule has 0 bridgehead atoms. The summed E-state index contributed by atoms with van der Waals surface area (Å²) < 4.78 is 6.93. The summed E-state index contributed by atoms with van der Waals surface area (Å²) in [6.45, 7) is 3.54. The van der Waals surface area contributed by atoms with Gasteiger partial charge in [0, 0.05) is 20.1 Å². The van der Waals surface area contributed by atoms with Crippen LogP contribution in [0.1, 0.15) is 5.69 Å². The standard InChI is InChI=1S/C9H16N6O/c1-14-8(7-12-13-14)6-11-9(10)15-2-4-16-5-3-15/h7H,2-6H2,1H3,(H2,10,11). The maximum atomic E-state index is 5.89. The van der Waals surface area contributed by atoms with Gasteiger partial charge in [-0.15, -0.1) is 5.10 Å². The number of rotatable bonds is 2. The van der Waals surface area contributed by atoms with Crippen LogP contribution in [0.25, 0.3) is 0 Å². The van der Waals surface area contributed by atoms with E-state index in [0.29, 0.717) is 25.7 Å². The van der Waals surface area contributed by atoms with Crippen molar-refractivity contribution in [1.82, 2.24) is 19.9 Å². The first-order chi connectivity index (χ1) is 7.77. The number of ether oxygens (including phenoxy) is 1. The highest BCUT2D eigenvalue weighted by molar-refractivity contribution is 5.78. The Hall–Kier alpha value is -1.63. The molecule has 1 aromatic heterocycles. The van der Waals surface area contributed by atoms with Gasteiger partial charge < -0.3 is 15.4 Å². The van der Waals surface area contributed by atoms with Crippen molar-refractivity contribution in [3.8, 4) is 0 Å². The van der Waals surface area contributed by atoms with Gasteiger partial charge in [-0.3, -0.25) is 4.68 Å². The van der Waals surface area contributed by atoms with Crippen molar-refractivity contribution in [1.29, 1.82) is 0 Å². The lowest BCUT2D eigenvalue weighted by molar-refractivity contribution is 0.0674. The quantitative estimate of drug-likeness (QED) is 0.512. The molecule has 0 aromatic carbocycles. The molecule has 2 heterocycles. The van der Waals surface area contributed by atoms with E-state index in [0.717, 1.165) is 18.8 Å². The maximum absolute atomic E-state index is 5.89. The molecule has 1 saturated heterocycles. The van der Waals surface area contributed by atoms with Crippen LogP contribution in [-0.4, -0.2) is 52.2 Å². The van der Waals surface area contributed by atoms with Crippen LogP contribution in [0, 0.1) is 0 Å². The molecular weight excluding hydrogens is 208 g/mol. The third-order valence-electron chi connectivity index (χ3n) is 2.55. The average molecular weight is 224 g/mol. The fraction of sp³-hybridized carbons (Fsp3) is 0.667. The first-order valence-corrected chi connectivity index (χ1v) is 5.23. The molecule has 2 rings (SSSR count). The maximum Gasteiger partial charge on any atom is 0.191 e. The lowest BCUT2D eigenvalue weighted by Gasteiger charge is -2.27. The first kappa shape index (κ1) is 10.9. The van der Waals surface area contributed by atoms with E-state index in [1.807, 2.05) is 11.9 Å². The Kier molecular flexibility index (Phi) is 3.35. The molecule has 7 nitrogen and oxygen atoms in total. The molecule has 0 spiro atoms. The Morgan fingerprint density at radius 3 is 2.94 bits per heavy atom. The fourth-order valence-electron chi connectivity index (χ4n) is 1.51. The summed E-state index contributed by atoms with van der Waals surface area (Å²) >= 11 is 0. The molecule has 0 radical (unpaired) electrons. The zero-order chi connectivity index (χ0) is 11.4. The van der Waals surface area contributed by atoms with E-state index < -0.39 is 0 Å². The summed E-state index contributed by atoms with van der Waals surface area (Å²) in [5.41, 5.74) is 6.83. The lowest BCUT2D eigenvalue weighted by atomic mass is 10.4. The van der Waals surface area contributed by atoms with Crippen molar-refractivity contribution >= 4 is 5.96 Å². The predicted octanol–water partition coefficient (Wildman–Crippen LogP) is -1.04. The zero-order valence-corrected chi connectivity index (χ0v) is 9.33. The molecule has 1 aliphatic heterocycles. The van der Waals surface area contributed by atoms with Gasteiger partial charge in [-0.1, -0.05) is 5.21 Å². The van der Waals surface area contributed by atoms with E-state index in [1.54, 1.807) is 10.9 Å². The van der Waals surface area contributed by atoms with Gasteiger partial charge in [0.15, 0.2) is 5.96 Å². The van der Waals surface area contributed by atoms with Crippen molar-refractivity contribution in [3.05, 3.63) is 11.9 Å². The molecule has 2 N–H and O–H groups in total. The Morgan fingerprint density at radius 1 is 1.56 bits per heavy atom. The molecule has 7 heteroatoms. The van der Waals surface area contributed by atoms with Gasteiger partial charge in [0.1, 0.15) is 0 Å². The zero-order valence-electron chi connectivity index (χ0n) is 9.33. The molecule has 1 aliphatic rings. The number of aryl methyl sites for hydroxylation is 1. The molecule has 88 valence electrons. The molecule has 0 amide bonds. The number of hydrogen-bond acceptors (Lipinski definition) is 4. The second-order valence-electron chi connectivity index (χ2n) is 3.62. The van der Waals surface area contributed by atoms with E-state index in [1.165, 1.54) is 0 Å². The van der Waals surface area contributed by atoms with Gasteiger partial charge in [0.05, 0.1) is 31.6 Å². The van der Waals surface area contributed by atoms with Crippen LogP contribution < -0.4 is 5.73 Å². The molecular formula is C9H16N6O. The highest BCUT2D eigenvalue weighted by atomic mass is 16.5. The topological polar surface area (TPSA) is 81.6 Å². The number of morpholine rings is 1. The molecule has 1 fully saturated rings. The van der Waals surface area contributed by atoms with Crippen LogP contribution in [-0.2, 0) is 18.3 Å². The number of aliphatic imine (C=N–C) groups is 1. The number of nitrogens with two attached hydrogens (primary N) is 1. The minimum Gasteiger partial charge on any atom is -0.378 e. The summed E-state index contributed by atoms with van der Waals surface area (Å²) in [5.74, 6) is 0.560. The van der Waals surface area contributed by atoms with Gasteiger partial charge in [-0.2, -0.15) is 0 Å². The largest absolute Gasteiger partial charge is 0.378 e. The minimum absolute atomic E-state index is 0.507. The predicted molar refractivity (Wildman–Crippen MR) is 58.7 cm³/mol. The highest BCUT2D eigenvalue weighted by Crippen LogP contribution is 1.99. The molecule has 0 aliphatic carbocycles. The van der Waals surface area contributed by atoms with E-state index in [-0.39, 0.29) is 0 Å². The van der Waals surface area contributed by atoms with E-state index in [2.05, 4.69) is 15.3 Å². The minimum atomic E-state index is 0.507. The van der Waals surface area contributed by atoms with Crippen molar-refractivity contribution in [2.45, 2.75) is 6.54 Å². The number of hydrogen-bond donors (Lipinski definition) is 1. The average Bonchev–Trinajstić information content (AvgIpc) is 2.73. The molecule has 16 heavy (non-hydrogen) atoms. The molecule has 1 aromatic rings. The van der Waals surface area contributed by atoms with E-state index in [9.17, 15) is 0 Å². The van der Waals surface area contributed by atoms with Crippen LogP contribution in [0.2, 0.25) is 0 Å².